The molecule has 3 heterocycles. The maximum atomic E-state index is 12.4. The maximum absolute atomic E-state index is 12.4. The Hall–Kier alpha value is -2.36. The van der Waals surface area contributed by atoms with Crippen LogP contribution in [0.2, 0.25) is 5.02 Å². The van der Waals surface area contributed by atoms with Crippen molar-refractivity contribution in [1.82, 2.24) is 19.5 Å². The predicted molar refractivity (Wildman–Crippen MR) is 113 cm³/mol. The van der Waals surface area contributed by atoms with Gasteiger partial charge in [-0.25, -0.2) is 9.97 Å². The highest BCUT2D eigenvalue weighted by Gasteiger charge is 2.22. The van der Waals surface area contributed by atoms with Crippen molar-refractivity contribution in [3.8, 4) is 0 Å². The maximum Gasteiger partial charge on any atom is 0.278 e. The number of thioether (sulfide) groups is 1. The summed E-state index contributed by atoms with van der Waals surface area (Å²) in [4.78, 5) is 35.8. The number of aromatic amines is 1. The lowest BCUT2D eigenvalue weighted by Crippen LogP contribution is -2.18. The van der Waals surface area contributed by atoms with E-state index >= 15 is 0 Å². The molecular weight excluding hydrogens is 414 g/mol. The Labute approximate surface area is 176 Å². The van der Waals surface area contributed by atoms with Gasteiger partial charge in [-0.15, -0.1) is 0 Å². The van der Waals surface area contributed by atoms with Gasteiger partial charge in [-0.1, -0.05) is 29.4 Å². The van der Waals surface area contributed by atoms with Gasteiger partial charge in [0.05, 0.1) is 35.4 Å². The zero-order chi connectivity index (χ0) is 20.4. The van der Waals surface area contributed by atoms with Gasteiger partial charge in [-0.05, 0) is 37.5 Å². The SMILES string of the molecule is Cc1ccc(NC(=O)CSc2nc3c(=O)[nH]cnc3n2CC2CCCO2)c(Cl)c1. The smallest absolute Gasteiger partial charge is 0.278 e. The second kappa shape index (κ2) is 8.56. The summed E-state index contributed by atoms with van der Waals surface area (Å²) < 4.78 is 7.58. The molecular formula is C19H20ClN5O3S. The van der Waals surface area contributed by atoms with E-state index < -0.39 is 0 Å². The number of carbonyl (C=O) groups is 1. The normalized spacial score (nSPS) is 16.4. The number of rotatable bonds is 6. The summed E-state index contributed by atoms with van der Waals surface area (Å²) >= 11 is 7.43. The third kappa shape index (κ3) is 4.47. The fourth-order valence-electron chi connectivity index (χ4n) is 3.23. The van der Waals surface area contributed by atoms with E-state index in [9.17, 15) is 9.59 Å². The molecule has 2 aromatic heterocycles. The number of nitrogens with zero attached hydrogens (tertiary/aromatic N) is 3. The van der Waals surface area contributed by atoms with E-state index in [1.54, 1.807) is 12.1 Å². The molecule has 1 fully saturated rings. The number of benzene rings is 1. The molecule has 1 amide bonds. The Balaban J connectivity index is 1.52. The van der Waals surface area contributed by atoms with Crippen molar-refractivity contribution in [1.29, 1.82) is 0 Å². The molecule has 1 aromatic carbocycles. The van der Waals surface area contributed by atoms with Gasteiger partial charge in [-0.2, -0.15) is 0 Å². The minimum absolute atomic E-state index is 0.0491. The number of hydrogen-bond donors (Lipinski definition) is 2. The summed E-state index contributed by atoms with van der Waals surface area (Å²) in [6.07, 6.45) is 3.36. The van der Waals surface area contributed by atoms with Crippen LogP contribution in [0, 0.1) is 6.92 Å². The Morgan fingerprint density at radius 3 is 3.10 bits per heavy atom. The number of nitrogens with one attached hydrogen (secondary N) is 2. The number of carbonyl (C=O) groups excluding carboxylic acids is 1. The molecule has 0 radical (unpaired) electrons. The number of ether oxygens (including phenoxy) is 1. The minimum atomic E-state index is -0.307. The number of H-pyrrole nitrogens is 1. The molecule has 1 saturated heterocycles. The standard InChI is InChI=1S/C19H20ClN5O3S/c1-11-4-5-14(13(20)7-11)23-15(26)9-29-19-24-16-17(21-10-22-18(16)27)25(19)8-12-3-2-6-28-12/h4-5,7,10,12H,2-3,6,8-9H2,1H3,(H,23,26)(H,21,22,27). The van der Waals surface area contributed by atoms with E-state index in [1.165, 1.54) is 18.1 Å². The average molecular weight is 434 g/mol. The summed E-state index contributed by atoms with van der Waals surface area (Å²) in [5.41, 5.74) is 2.03. The van der Waals surface area contributed by atoms with Crippen LogP contribution in [0.15, 0.2) is 34.5 Å². The monoisotopic (exact) mass is 433 g/mol. The third-order valence-corrected chi connectivity index (χ3v) is 5.93. The fourth-order valence-corrected chi connectivity index (χ4v) is 4.32. The molecule has 3 aromatic rings. The Morgan fingerprint density at radius 1 is 1.48 bits per heavy atom. The molecule has 4 rings (SSSR count). The first-order chi connectivity index (χ1) is 14.0. The average Bonchev–Trinajstić information content (AvgIpc) is 3.32. The predicted octanol–water partition coefficient (Wildman–Crippen LogP) is 2.99. The van der Waals surface area contributed by atoms with E-state index in [0.29, 0.717) is 28.1 Å². The molecule has 1 aliphatic heterocycles. The molecule has 0 saturated carbocycles. The highest BCUT2D eigenvalue weighted by molar-refractivity contribution is 7.99. The van der Waals surface area contributed by atoms with Gasteiger partial charge in [0.25, 0.3) is 5.56 Å². The molecule has 8 nitrogen and oxygen atoms in total. The van der Waals surface area contributed by atoms with Crippen molar-refractivity contribution in [3.63, 3.8) is 0 Å². The Bertz CT molecular complexity index is 1110. The van der Waals surface area contributed by atoms with E-state index in [-0.39, 0.29) is 28.8 Å². The molecule has 0 aliphatic carbocycles. The van der Waals surface area contributed by atoms with Gasteiger partial charge >= 0.3 is 0 Å². The molecule has 10 heteroatoms. The van der Waals surface area contributed by atoms with Gasteiger partial charge < -0.3 is 19.6 Å². The molecule has 1 unspecified atom stereocenters. The van der Waals surface area contributed by atoms with Crippen molar-refractivity contribution in [2.75, 3.05) is 17.7 Å². The molecule has 0 bridgehead atoms. The van der Waals surface area contributed by atoms with Crippen molar-refractivity contribution in [2.24, 2.45) is 0 Å². The molecule has 0 spiro atoms. The van der Waals surface area contributed by atoms with Crippen LogP contribution < -0.4 is 10.9 Å². The summed E-state index contributed by atoms with van der Waals surface area (Å²) in [6.45, 7) is 3.20. The third-order valence-electron chi connectivity index (χ3n) is 4.64. The van der Waals surface area contributed by atoms with Gasteiger partial charge in [0.1, 0.15) is 0 Å². The van der Waals surface area contributed by atoms with E-state index in [2.05, 4.69) is 20.3 Å². The van der Waals surface area contributed by atoms with Crippen LogP contribution in [0.25, 0.3) is 11.2 Å². The highest BCUT2D eigenvalue weighted by Crippen LogP contribution is 2.26. The minimum Gasteiger partial charge on any atom is -0.376 e. The second-order valence-electron chi connectivity index (χ2n) is 6.86. The van der Waals surface area contributed by atoms with Crippen molar-refractivity contribution < 1.29 is 9.53 Å². The summed E-state index contributed by atoms with van der Waals surface area (Å²) in [5.74, 6) is -0.0879. The molecule has 152 valence electrons. The first kappa shape index (κ1) is 19.9. The lowest BCUT2D eigenvalue weighted by Gasteiger charge is -2.13. The van der Waals surface area contributed by atoms with Crippen LogP contribution in [0.1, 0.15) is 18.4 Å². The van der Waals surface area contributed by atoms with Crippen LogP contribution in [-0.2, 0) is 16.1 Å². The van der Waals surface area contributed by atoms with Crippen molar-refractivity contribution in [3.05, 3.63) is 45.5 Å². The van der Waals surface area contributed by atoms with Gasteiger partial charge in [0.15, 0.2) is 16.3 Å². The number of hydrogen-bond acceptors (Lipinski definition) is 6. The number of amides is 1. The molecule has 1 aliphatic rings. The number of imidazole rings is 1. The van der Waals surface area contributed by atoms with Crippen LogP contribution in [0.4, 0.5) is 5.69 Å². The topological polar surface area (TPSA) is 102 Å². The van der Waals surface area contributed by atoms with E-state index in [4.69, 9.17) is 16.3 Å². The van der Waals surface area contributed by atoms with Crippen molar-refractivity contribution >= 4 is 46.1 Å². The summed E-state index contributed by atoms with van der Waals surface area (Å²) in [7, 11) is 0. The quantitative estimate of drug-likeness (QED) is 0.579. The van der Waals surface area contributed by atoms with Gasteiger partial charge in [0, 0.05) is 6.61 Å². The first-order valence-electron chi connectivity index (χ1n) is 9.25. The largest absolute Gasteiger partial charge is 0.376 e. The number of aryl methyl sites for hydroxylation is 1. The lowest BCUT2D eigenvalue weighted by atomic mass is 10.2. The number of fused-ring (bicyclic) bond motifs is 1. The van der Waals surface area contributed by atoms with Gasteiger partial charge in [-0.3, -0.25) is 9.59 Å². The fraction of sp³-hybridized carbons (Fsp3) is 0.368. The Kier molecular flexibility index (Phi) is 5.89. The first-order valence-corrected chi connectivity index (χ1v) is 10.6. The van der Waals surface area contributed by atoms with Gasteiger partial charge in [0.2, 0.25) is 5.91 Å². The summed E-state index contributed by atoms with van der Waals surface area (Å²) in [5, 5.41) is 3.86. The number of halogens is 1. The van der Waals surface area contributed by atoms with Crippen molar-refractivity contribution in [2.45, 2.75) is 37.6 Å². The van der Waals surface area contributed by atoms with Crippen LogP contribution in [0.3, 0.4) is 0 Å². The second-order valence-corrected chi connectivity index (χ2v) is 8.21. The van der Waals surface area contributed by atoms with Crippen LogP contribution in [0.5, 0.6) is 0 Å². The van der Waals surface area contributed by atoms with Crippen LogP contribution >= 0.6 is 23.4 Å². The highest BCUT2D eigenvalue weighted by atomic mass is 35.5. The molecule has 29 heavy (non-hydrogen) atoms. The molecule has 1 atom stereocenters. The van der Waals surface area contributed by atoms with E-state index in [1.807, 2.05) is 17.6 Å². The van der Waals surface area contributed by atoms with E-state index in [0.717, 1.165) is 25.0 Å². The lowest BCUT2D eigenvalue weighted by molar-refractivity contribution is -0.113. The Morgan fingerprint density at radius 2 is 2.34 bits per heavy atom. The van der Waals surface area contributed by atoms with Crippen LogP contribution in [-0.4, -0.2) is 43.9 Å². The molecule has 2 N–H and O–H groups in total. The zero-order valence-corrected chi connectivity index (χ0v) is 17.3. The summed E-state index contributed by atoms with van der Waals surface area (Å²) in [6, 6.07) is 5.45. The number of aromatic nitrogens is 4. The number of anilines is 1. The zero-order valence-electron chi connectivity index (χ0n) is 15.8.